The minimum absolute atomic E-state index is 0.0280. The third-order valence-electron chi connectivity index (χ3n) is 4.20. The van der Waals surface area contributed by atoms with Gasteiger partial charge in [-0.25, -0.2) is 0 Å². The molecule has 0 bridgehead atoms. The number of hydrogen-bond donors (Lipinski definition) is 3. The van der Waals surface area contributed by atoms with Gasteiger partial charge in [0.1, 0.15) is 0 Å². The van der Waals surface area contributed by atoms with E-state index < -0.39 is 0 Å². The zero-order valence-electron chi connectivity index (χ0n) is 12.9. The number of nitrogens with one attached hydrogen (secondary N) is 3. The Morgan fingerprint density at radius 1 is 1.29 bits per heavy atom. The number of Topliss-reactive ketones (excluding diaryl/α,β-unsaturated/α-hetero) is 2. The van der Waals surface area contributed by atoms with E-state index in [-0.39, 0.29) is 23.5 Å². The first-order valence-electron chi connectivity index (χ1n) is 7.18. The van der Waals surface area contributed by atoms with Crippen molar-refractivity contribution in [2.75, 3.05) is 19.6 Å². The van der Waals surface area contributed by atoms with E-state index in [9.17, 15) is 14.4 Å². The lowest BCUT2D eigenvalue weighted by Gasteiger charge is -2.28. The van der Waals surface area contributed by atoms with Crippen LogP contribution in [-0.2, 0) is 4.79 Å². The van der Waals surface area contributed by atoms with Gasteiger partial charge in [-0.2, -0.15) is 0 Å². The third-order valence-corrected chi connectivity index (χ3v) is 4.20. The molecule has 0 saturated carbocycles. The Kier molecular flexibility index (Phi) is 4.27. The van der Waals surface area contributed by atoms with Crippen molar-refractivity contribution in [3.8, 4) is 0 Å². The molecular weight excluding hydrogens is 270 g/mol. The Morgan fingerprint density at radius 3 is 2.48 bits per heavy atom. The van der Waals surface area contributed by atoms with Crippen molar-refractivity contribution in [2.24, 2.45) is 0 Å². The van der Waals surface area contributed by atoms with Gasteiger partial charge in [-0.15, -0.1) is 0 Å². The molecule has 1 aliphatic rings. The van der Waals surface area contributed by atoms with Gasteiger partial charge in [0.05, 0.1) is 18.8 Å². The zero-order chi connectivity index (χ0) is 15.7. The van der Waals surface area contributed by atoms with E-state index in [1.54, 1.807) is 13.8 Å². The largest absolute Gasteiger partial charge is 0.355 e. The summed E-state index contributed by atoms with van der Waals surface area (Å²) in [6.45, 7) is 8.56. The summed E-state index contributed by atoms with van der Waals surface area (Å²) in [4.78, 5) is 39.8. The van der Waals surface area contributed by atoms with Crippen LogP contribution in [0.2, 0.25) is 0 Å². The number of quaternary nitrogens is 1. The van der Waals surface area contributed by atoms with Crippen LogP contribution in [0.15, 0.2) is 0 Å². The van der Waals surface area contributed by atoms with Gasteiger partial charge in [0.15, 0.2) is 18.4 Å². The highest BCUT2D eigenvalue weighted by Crippen LogP contribution is 2.19. The molecule has 0 aliphatic carbocycles. The minimum Gasteiger partial charge on any atom is -0.355 e. The van der Waals surface area contributed by atoms with Gasteiger partial charge in [-0.05, 0) is 33.3 Å². The van der Waals surface area contributed by atoms with E-state index in [1.807, 2.05) is 6.92 Å². The number of ketones is 2. The van der Waals surface area contributed by atoms with E-state index in [0.29, 0.717) is 29.9 Å². The molecule has 1 saturated heterocycles. The second-order valence-electron chi connectivity index (χ2n) is 5.70. The van der Waals surface area contributed by atoms with Gasteiger partial charge in [-0.3, -0.25) is 14.4 Å². The molecule has 2 atom stereocenters. The molecule has 1 aromatic rings. The van der Waals surface area contributed by atoms with Crippen LogP contribution in [0.5, 0.6) is 0 Å². The summed E-state index contributed by atoms with van der Waals surface area (Å²) in [5.74, 6) is -0.120. The number of carbonyl (C=O) groups excluding carboxylic acids is 3. The molecule has 1 amide bonds. The topological polar surface area (TPSA) is 83.5 Å². The van der Waals surface area contributed by atoms with Crippen LogP contribution < -0.4 is 10.2 Å². The number of aryl methyl sites for hydroxylation is 1. The molecular formula is C15H22N3O3+. The lowest BCUT2D eigenvalue weighted by Crippen LogP contribution is -3.19. The number of H-pyrrole nitrogens is 1. The molecule has 1 aliphatic heterocycles. The Bertz CT molecular complexity index is 604. The van der Waals surface area contributed by atoms with Gasteiger partial charge in [0.25, 0.3) is 5.91 Å². The average molecular weight is 292 g/mol. The monoisotopic (exact) mass is 292 g/mol. The molecule has 114 valence electrons. The van der Waals surface area contributed by atoms with Crippen molar-refractivity contribution < 1.29 is 19.3 Å². The molecule has 3 N–H and O–H groups in total. The Balaban J connectivity index is 2.25. The Morgan fingerprint density at radius 2 is 1.95 bits per heavy atom. The predicted octanol–water partition coefficient (Wildman–Crippen LogP) is -0.580. The van der Waals surface area contributed by atoms with E-state index >= 15 is 0 Å². The lowest BCUT2D eigenvalue weighted by atomic mass is 10.0. The van der Waals surface area contributed by atoms with Crippen molar-refractivity contribution in [2.45, 2.75) is 33.7 Å². The molecule has 1 unspecified atom stereocenters. The highest BCUT2D eigenvalue weighted by atomic mass is 16.2. The van der Waals surface area contributed by atoms with Gasteiger partial charge < -0.3 is 15.2 Å². The molecule has 1 aromatic heterocycles. The summed E-state index contributed by atoms with van der Waals surface area (Å²) in [6, 6.07) is -0.312. The number of rotatable bonds is 4. The van der Waals surface area contributed by atoms with Crippen LogP contribution in [0.4, 0.5) is 0 Å². The summed E-state index contributed by atoms with van der Waals surface area (Å²) < 4.78 is 0. The molecule has 0 radical (unpaired) electrons. The number of hydrogen-bond acceptors (Lipinski definition) is 3. The maximum Gasteiger partial charge on any atom is 0.275 e. The fraction of sp³-hybridized carbons (Fsp3) is 0.533. The molecule has 2 heterocycles. The number of amides is 1. The summed E-state index contributed by atoms with van der Waals surface area (Å²) >= 11 is 0. The van der Waals surface area contributed by atoms with E-state index in [2.05, 4.69) is 10.3 Å². The first-order valence-corrected chi connectivity index (χ1v) is 7.18. The summed E-state index contributed by atoms with van der Waals surface area (Å²) in [7, 11) is 0. The number of piperazine rings is 1. The fourth-order valence-corrected chi connectivity index (χ4v) is 3.02. The van der Waals surface area contributed by atoms with Gasteiger partial charge in [0, 0.05) is 11.3 Å². The molecule has 6 nitrogen and oxygen atoms in total. The zero-order valence-corrected chi connectivity index (χ0v) is 12.9. The average Bonchev–Trinajstić information content (AvgIpc) is 2.72. The van der Waals surface area contributed by atoms with Crippen LogP contribution >= 0.6 is 0 Å². The summed E-state index contributed by atoms with van der Waals surface area (Å²) in [5, 5.41) is 2.76. The number of aromatic amines is 1. The molecule has 2 rings (SSSR count). The molecule has 0 aromatic carbocycles. The molecule has 1 fully saturated rings. The smallest absolute Gasteiger partial charge is 0.275 e. The van der Waals surface area contributed by atoms with Crippen LogP contribution in [0.3, 0.4) is 0 Å². The van der Waals surface area contributed by atoms with Crippen molar-refractivity contribution in [3.63, 3.8) is 0 Å². The quantitative estimate of drug-likeness (QED) is 0.649. The normalized spacial score (nSPS) is 20.0. The van der Waals surface area contributed by atoms with E-state index in [0.717, 1.165) is 17.1 Å². The van der Waals surface area contributed by atoms with E-state index in [1.165, 1.54) is 6.92 Å². The molecule has 21 heavy (non-hydrogen) atoms. The van der Waals surface area contributed by atoms with E-state index in [4.69, 9.17) is 0 Å². The highest BCUT2D eigenvalue weighted by Gasteiger charge is 2.32. The lowest BCUT2D eigenvalue weighted by molar-refractivity contribution is -0.907. The molecule has 6 heteroatoms. The van der Waals surface area contributed by atoms with Crippen molar-refractivity contribution >= 4 is 17.5 Å². The maximum absolute atomic E-state index is 12.7. The highest BCUT2D eigenvalue weighted by molar-refractivity contribution is 6.04. The van der Waals surface area contributed by atoms with Crippen molar-refractivity contribution in [3.05, 3.63) is 22.5 Å². The van der Waals surface area contributed by atoms with Gasteiger partial charge in [0.2, 0.25) is 5.78 Å². The van der Waals surface area contributed by atoms with Gasteiger partial charge in [-0.1, -0.05) is 0 Å². The Labute approximate surface area is 123 Å². The van der Waals surface area contributed by atoms with Crippen LogP contribution in [0.25, 0.3) is 0 Å². The summed E-state index contributed by atoms with van der Waals surface area (Å²) in [6.07, 6.45) is 0. The molecule has 0 spiro atoms. The first kappa shape index (κ1) is 15.4. The van der Waals surface area contributed by atoms with Crippen molar-refractivity contribution in [1.82, 2.24) is 10.3 Å². The maximum atomic E-state index is 12.7. The Hall–Kier alpha value is -1.95. The SMILES string of the molecule is CC(=O)c1c(C)[nH]c(C(=O)[C@@H](C)[NH+]2CCNC(=O)C2)c1C. The first-order chi connectivity index (χ1) is 9.82. The van der Waals surface area contributed by atoms with Crippen LogP contribution in [-0.4, -0.2) is 48.1 Å². The second kappa shape index (κ2) is 5.81. The van der Waals surface area contributed by atoms with Crippen LogP contribution in [0.1, 0.15) is 46.0 Å². The van der Waals surface area contributed by atoms with Gasteiger partial charge >= 0.3 is 0 Å². The standard InChI is InChI=1S/C15H21N3O3/c1-8-13(11(4)19)9(2)17-14(8)15(21)10(3)18-6-5-16-12(20)7-18/h10,17H,5-7H2,1-4H3,(H,16,20)/p+1/t10-/m1/s1. The number of aromatic nitrogens is 1. The summed E-state index contributed by atoms with van der Waals surface area (Å²) in [5.41, 5.74) is 2.51. The van der Waals surface area contributed by atoms with Crippen LogP contribution in [0, 0.1) is 13.8 Å². The predicted molar refractivity (Wildman–Crippen MR) is 77.8 cm³/mol. The second-order valence-corrected chi connectivity index (χ2v) is 5.70. The minimum atomic E-state index is -0.312. The number of carbonyl (C=O) groups is 3. The van der Waals surface area contributed by atoms with Crippen molar-refractivity contribution in [1.29, 1.82) is 0 Å². The third kappa shape index (κ3) is 2.90. The fourth-order valence-electron chi connectivity index (χ4n) is 3.02.